The van der Waals surface area contributed by atoms with Crippen LogP contribution in [0.25, 0.3) is 0 Å². The first-order valence-corrected chi connectivity index (χ1v) is 8.02. The van der Waals surface area contributed by atoms with Crippen LogP contribution in [0.1, 0.15) is 65.4 Å². The molecule has 0 aromatic heterocycles. The van der Waals surface area contributed by atoms with Gasteiger partial charge in [-0.05, 0) is 47.0 Å². The largest absolute Gasteiger partial charge is 0.373 e. The van der Waals surface area contributed by atoms with Crippen LogP contribution >= 0.6 is 0 Å². The summed E-state index contributed by atoms with van der Waals surface area (Å²) >= 11 is 0. The highest BCUT2D eigenvalue weighted by Gasteiger charge is 2.19. The van der Waals surface area contributed by atoms with Gasteiger partial charge in [0.1, 0.15) is 17.5 Å². The van der Waals surface area contributed by atoms with Gasteiger partial charge in [-0.25, -0.2) is 13.2 Å². The molecular formula is C18H27F3O. The maximum atomic E-state index is 13.5. The zero-order valence-corrected chi connectivity index (χ0v) is 14.0. The van der Waals surface area contributed by atoms with E-state index in [4.69, 9.17) is 4.74 Å². The summed E-state index contributed by atoms with van der Waals surface area (Å²) in [6, 6.07) is 1.48. The third-order valence-electron chi connectivity index (χ3n) is 3.62. The molecule has 0 saturated heterocycles. The van der Waals surface area contributed by atoms with Crippen molar-refractivity contribution in [3.8, 4) is 0 Å². The fourth-order valence-corrected chi connectivity index (χ4v) is 2.71. The van der Waals surface area contributed by atoms with Crippen LogP contribution in [0.15, 0.2) is 12.1 Å². The van der Waals surface area contributed by atoms with Crippen LogP contribution in [0, 0.1) is 17.5 Å². The van der Waals surface area contributed by atoms with E-state index in [1.165, 1.54) is 0 Å². The molecule has 0 N–H and O–H groups in total. The number of hydrogen-bond donors (Lipinski definition) is 0. The molecule has 1 aromatic carbocycles. The highest BCUT2D eigenvalue weighted by Crippen LogP contribution is 2.22. The lowest BCUT2D eigenvalue weighted by atomic mass is 9.98. The first-order valence-electron chi connectivity index (χ1n) is 8.02. The third kappa shape index (κ3) is 6.82. The summed E-state index contributed by atoms with van der Waals surface area (Å²) in [6.45, 7) is 8.20. The Balaban J connectivity index is 2.27. The van der Waals surface area contributed by atoms with E-state index in [9.17, 15) is 13.2 Å². The molecule has 0 unspecified atom stereocenters. The van der Waals surface area contributed by atoms with Crippen LogP contribution in [0.5, 0.6) is 0 Å². The molecule has 0 aliphatic heterocycles. The van der Waals surface area contributed by atoms with E-state index in [2.05, 4.69) is 13.8 Å². The first kappa shape index (κ1) is 19.0. The lowest BCUT2D eigenvalue weighted by molar-refractivity contribution is -0.0615. The van der Waals surface area contributed by atoms with Gasteiger partial charge in [0, 0.05) is 17.7 Å². The zero-order chi connectivity index (χ0) is 16.8. The van der Waals surface area contributed by atoms with Gasteiger partial charge in [-0.15, -0.1) is 0 Å². The molecule has 22 heavy (non-hydrogen) atoms. The van der Waals surface area contributed by atoms with Crippen LogP contribution in [0.3, 0.4) is 0 Å². The Morgan fingerprint density at radius 1 is 0.955 bits per heavy atom. The van der Waals surface area contributed by atoms with Gasteiger partial charge in [-0.3, -0.25) is 0 Å². The SMILES string of the molecule is CC(C)OC(C)(C)CCCCCCc1c(F)cc(F)cc1F. The number of ether oxygens (including phenoxy) is 1. The molecule has 1 nitrogen and oxygen atoms in total. The summed E-state index contributed by atoms with van der Waals surface area (Å²) in [5, 5.41) is 0. The first-order chi connectivity index (χ1) is 10.2. The van der Waals surface area contributed by atoms with Crippen molar-refractivity contribution in [1.82, 2.24) is 0 Å². The number of benzene rings is 1. The van der Waals surface area contributed by atoms with Crippen LogP contribution in [-0.2, 0) is 11.2 Å². The average molecular weight is 316 g/mol. The molecule has 0 heterocycles. The van der Waals surface area contributed by atoms with Crippen LogP contribution in [0.4, 0.5) is 13.2 Å². The quantitative estimate of drug-likeness (QED) is 0.523. The predicted molar refractivity (Wildman–Crippen MR) is 83.4 cm³/mol. The van der Waals surface area contributed by atoms with E-state index in [0.717, 1.165) is 37.8 Å². The van der Waals surface area contributed by atoms with Gasteiger partial charge in [0.25, 0.3) is 0 Å². The minimum absolute atomic E-state index is 0.00938. The van der Waals surface area contributed by atoms with Gasteiger partial charge in [0.15, 0.2) is 0 Å². The van der Waals surface area contributed by atoms with Crippen molar-refractivity contribution in [3.63, 3.8) is 0 Å². The number of unbranched alkanes of at least 4 members (excludes halogenated alkanes) is 3. The summed E-state index contributed by atoms with van der Waals surface area (Å²) in [7, 11) is 0. The Labute approximate surface area is 131 Å². The van der Waals surface area contributed by atoms with Crippen molar-refractivity contribution >= 4 is 0 Å². The fraction of sp³-hybridized carbons (Fsp3) is 0.667. The van der Waals surface area contributed by atoms with E-state index in [1.807, 2.05) is 13.8 Å². The molecule has 0 aliphatic carbocycles. The van der Waals surface area contributed by atoms with Gasteiger partial charge in [-0.2, -0.15) is 0 Å². The second kappa shape index (κ2) is 8.56. The monoisotopic (exact) mass is 316 g/mol. The van der Waals surface area contributed by atoms with Crippen molar-refractivity contribution < 1.29 is 17.9 Å². The second-order valence-corrected chi connectivity index (χ2v) is 6.69. The summed E-state index contributed by atoms with van der Waals surface area (Å²) in [4.78, 5) is 0. The number of hydrogen-bond acceptors (Lipinski definition) is 1. The Hall–Kier alpha value is -1.03. The predicted octanol–water partition coefficient (Wildman–Crippen LogP) is 5.80. The minimum atomic E-state index is -0.869. The summed E-state index contributed by atoms with van der Waals surface area (Å²) in [5.74, 6) is -2.45. The fourth-order valence-electron chi connectivity index (χ4n) is 2.71. The molecule has 0 fully saturated rings. The topological polar surface area (TPSA) is 9.23 Å². The Bertz CT molecular complexity index is 446. The normalized spacial score (nSPS) is 12.2. The molecular weight excluding hydrogens is 289 g/mol. The number of halogens is 3. The van der Waals surface area contributed by atoms with Crippen molar-refractivity contribution in [1.29, 1.82) is 0 Å². The lowest BCUT2D eigenvalue weighted by Crippen LogP contribution is -2.27. The maximum Gasteiger partial charge on any atom is 0.132 e. The van der Waals surface area contributed by atoms with Gasteiger partial charge < -0.3 is 4.74 Å². The standard InChI is InChI=1S/C18H27F3O/c1-13(2)22-18(3,4)10-8-6-5-7-9-15-16(20)11-14(19)12-17(15)21/h11-13H,5-10H2,1-4H3. The van der Waals surface area contributed by atoms with E-state index in [1.54, 1.807) is 0 Å². The van der Waals surface area contributed by atoms with Crippen LogP contribution in [0.2, 0.25) is 0 Å². The maximum absolute atomic E-state index is 13.5. The minimum Gasteiger partial charge on any atom is -0.373 e. The van der Waals surface area contributed by atoms with E-state index in [0.29, 0.717) is 12.8 Å². The molecule has 1 rings (SSSR count). The van der Waals surface area contributed by atoms with Gasteiger partial charge in [-0.1, -0.05) is 19.3 Å². The smallest absolute Gasteiger partial charge is 0.132 e. The summed E-state index contributed by atoms with van der Waals surface area (Å²) in [5.41, 5.74) is -0.145. The van der Waals surface area contributed by atoms with Gasteiger partial charge in [0.2, 0.25) is 0 Å². The Morgan fingerprint density at radius 2 is 1.50 bits per heavy atom. The molecule has 0 radical (unpaired) electrons. The number of rotatable bonds is 9. The molecule has 0 saturated carbocycles. The molecule has 0 aliphatic rings. The zero-order valence-electron chi connectivity index (χ0n) is 14.0. The molecule has 4 heteroatoms. The van der Waals surface area contributed by atoms with Gasteiger partial charge >= 0.3 is 0 Å². The highest BCUT2D eigenvalue weighted by atomic mass is 19.1. The summed E-state index contributed by atoms with van der Waals surface area (Å²) in [6.07, 6.45) is 5.09. The third-order valence-corrected chi connectivity index (χ3v) is 3.62. The molecule has 0 spiro atoms. The second-order valence-electron chi connectivity index (χ2n) is 6.69. The lowest BCUT2D eigenvalue weighted by Gasteiger charge is -2.27. The highest BCUT2D eigenvalue weighted by molar-refractivity contribution is 5.20. The van der Waals surface area contributed by atoms with Gasteiger partial charge in [0.05, 0.1) is 11.7 Å². The van der Waals surface area contributed by atoms with E-state index < -0.39 is 17.5 Å². The molecule has 126 valence electrons. The average Bonchev–Trinajstić information content (AvgIpc) is 2.34. The Kier molecular flexibility index (Phi) is 7.40. The van der Waals surface area contributed by atoms with E-state index >= 15 is 0 Å². The molecule has 0 amide bonds. The van der Waals surface area contributed by atoms with E-state index in [-0.39, 0.29) is 17.3 Å². The van der Waals surface area contributed by atoms with Crippen molar-refractivity contribution in [2.45, 2.75) is 77.9 Å². The van der Waals surface area contributed by atoms with Crippen LogP contribution in [-0.4, -0.2) is 11.7 Å². The molecule has 0 atom stereocenters. The molecule has 0 bridgehead atoms. The van der Waals surface area contributed by atoms with Crippen molar-refractivity contribution in [2.24, 2.45) is 0 Å². The van der Waals surface area contributed by atoms with Crippen molar-refractivity contribution in [3.05, 3.63) is 35.1 Å². The van der Waals surface area contributed by atoms with Crippen molar-refractivity contribution in [2.75, 3.05) is 0 Å². The summed E-state index contributed by atoms with van der Waals surface area (Å²) < 4.78 is 45.6. The van der Waals surface area contributed by atoms with Crippen LogP contribution < -0.4 is 0 Å². The molecule has 1 aromatic rings. The Morgan fingerprint density at radius 3 is 2.05 bits per heavy atom.